The molecule has 7 nitrogen and oxygen atoms in total. The molecule has 194 valence electrons. The van der Waals surface area contributed by atoms with E-state index in [1.807, 2.05) is 18.2 Å². The van der Waals surface area contributed by atoms with Crippen molar-refractivity contribution in [1.29, 1.82) is 0 Å². The minimum absolute atomic E-state index is 0.0111. The highest BCUT2D eigenvalue weighted by molar-refractivity contribution is 7.80. The number of ether oxygens (including phenoxy) is 4. The van der Waals surface area contributed by atoms with Crippen molar-refractivity contribution in [3.05, 3.63) is 29.3 Å². The number of anilines is 1. The van der Waals surface area contributed by atoms with Crippen LogP contribution in [0.5, 0.6) is 0 Å². The molecule has 0 aliphatic carbocycles. The van der Waals surface area contributed by atoms with Crippen LogP contribution in [0.3, 0.4) is 0 Å². The largest absolute Gasteiger partial charge is 0.385 e. The van der Waals surface area contributed by atoms with Crippen molar-refractivity contribution in [3.8, 4) is 0 Å². The van der Waals surface area contributed by atoms with Crippen LogP contribution in [0.4, 0.5) is 5.69 Å². The van der Waals surface area contributed by atoms with Crippen LogP contribution in [0.2, 0.25) is 0 Å². The molecule has 34 heavy (non-hydrogen) atoms. The van der Waals surface area contributed by atoms with Gasteiger partial charge >= 0.3 is 0 Å². The van der Waals surface area contributed by atoms with E-state index in [9.17, 15) is 4.79 Å². The molecule has 0 heterocycles. The highest BCUT2D eigenvalue weighted by atomic mass is 32.1. The van der Waals surface area contributed by atoms with Crippen molar-refractivity contribution in [2.24, 2.45) is 0 Å². The van der Waals surface area contributed by atoms with Gasteiger partial charge in [0.25, 0.3) is 0 Å². The summed E-state index contributed by atoms with van der Waals surface area (Å²) in [5.41, 5.74) is 2.82. The number of methoxy groups -OCH3 is 1. The monoisotopic (exact) mass is 496 g/mol. The van der Waals surface area contributed by atoms with Gasteiger partial charge in [0.2, 0.25) is 5.91 Å². The summed E-state index contributed by atoms with van der Waals surface area (Å²) in [5.74, 6) is -0.0111. The minimum atomic E-state index is -0.0111. The lowest BCUT2D eigenvalue weighted by molar-refractivity contribution is -0.116. The SMILES string of the molecule is CCCOCCCOCCCOCCCC(=O)Nc1cc(C(=S)NCCCOC)ccc1CC. The number of carbonyl (C=O) groups is 1. The second-order valence-electron chi connectivity index (χ2n) is 8.02. The molecule has 0 fully saturated rings. The van der Waals surface area contributed by atoms with E-state index in [4.69, 9.17) is 31.2 Å². The van der Waals surface area contributed by atoms with Gasteiger partial charge in [-0.15, -0.1) is 0 Å². The van der Waals surface area contributed by atoms with E-state index in [0.717, 1.165) is 75.3 Å². The van der Waals surface area contributed by atoms with Crippen LogP contribution in [-0.4, -0.2) is 70.8 Å². The maximum Gasteiger partial charge on any atom is 0.224 e. The third kappa shape index (κ3) is 14.6. The van der Waals surface area contributed by atoms with E-state index in [1.165, 1.54) is 0 Å². The van der Waals surface area contributed by atoms with Gasteiger partial charge in [-0.1, -0.05) is 38.2 Å². The van der Waals surface area contributed by atoms with Crippen molar-refractivity contribution in [2.75, 3.05) is 65.2 Å². The zero-order chi connectivity index (χ0) is 24.9. The van der Waals surface area contributed by atoms with Crippen LogP contribution in [-0.2, 0) is 30.2 Å². The summed E-state index contributed by atoms with van der Waals surface area (Å²) in [6.45, 7) is 9.82. The Bertz CT molecular complexity index is 687. The molecule has 1 aromatic carbocycles. The summed E-state index contributed by atoms with van der Waals surface area (Å²) >= 11 is 5.49. The quantitative estimate of drug-likeness (QED) is 0.192. The fourth-order valence-electron chi connectivity index (χ4n) is 3.19. The van der Waals surface area contributed by atoms with Crippen molar-refractivity contribution < 1.29 is 23.7 Å². The van der Waals surface area contributed by atoms with Gasteiger partial charge in [0.1, 0.15) is 4.99 Å². The van der Waals surface area contributed by atoms with Crippen LogP contribution >= 0.6 is 12.2 Å². The lowest BCUT2D eigenvalue weighted by Crippen LogP contribution is -2.24. The molecule has 0 bridgehead atoms. The van der Waals surface area contributed by atoms with Crippen LogP contribution in [0.15, 0.2) is 18.2 Å². The minimum Gasteiger partial charge on any atom is -0.385 e. The van der Waals surface area contributed by atoms with E-state index in [2.05, 4.69) is 24.5 Å². The number of aryl methyl sites for hydroxylation is 1. The molecular weight excluding hydrogens is 452 g/mol. The Hall–Kier alpha value is -1.58. The van der Waals surface area contributed by atoms with Crippen molar-refractivity contribution in [3.63, 3.8) is 0 Å². The lowest BCUT2D eigenvalue weighted by Gasteiger charge is -2.14. The average Bonchev–Trinajstić information content (AvgIpc) is 2.84. The van der Waals surface area contributed by atoms with Crippen LogP contribution in [0.25, 0.3) is 0 Å². The number of rotatable bonds is 21. The maximum atomic E-state index is 12.4. The Labute approximate surface area is 211 Å². The normalized spacial score (nSPS) is 10.9. The Morgan fingerprint density at radius 1 is 0.882 bits per heavy atom. The Morgan fingerprint density at radius 2 is 1.53 bits per heavy atom. The maximum absolute atomic E-state index is 12.4. The zero-order valence-corrected chi connectivity index (χ0v) is 22.1. The van der Waals surface area contributed by atoms with E-state index >= 15 is 0 Å². The fourth-order valence-corrected chi connectivity index (χ4v) is 3.42. The van der Waals surface area contributed by atoms with Gasteiger partial charge in [0.05, 0.1) is 0 Å². The summed E-state index contributed by atoms with van der Waals surface area (Å²) in [6.07, 6.45) is 5.65. The van der Waals surface area contributed by atoms with Gasteiger partial charge < -0.3 is 29.6 Å². The Kier molecular flexibility index (Phi) is 18.6. The highest BCUT2D eigenvalue weighted by Gasteiger charge is 2.09. The first-order chi connectivity index (χ1) is 16.6. The standard InChI is InChI=1S/C26H44N2O5S/c1-4-14-31-17-8-19-33-20-9-18-32-16-6-10-25(29)28-24-21-23(12-11-22(24)5-2)26(34)27-13-7-15-30-3/h11-12,21H,4-10,13-20H2,1-3H3,(H,27,34)(H,28,29). The number of nitrogens with one attached hydrogen (secondary N) is 2. The molecule has 0 radical (unpaired) electrons. The van der Waals surface area contributed by atoms with E-state index < -0.39 is 0 Å². The molecule has 8 heteroatoms. The summed E-state index contributed by atoms with van der Waals surface area (Å²) in [4.78, 5) is 13.1. The molecule has 0 spiro atoms. The Morgan fingerprint density at radius 3 is 2.15 bits per heavy atom. The molecule has 0 aliphatic heterocycles. The molecule has 0 aliphatic rings. The topological polar surface area (TPSA) is 78.1 Å². The summed E-state index contributed by atoms with van der Waals surface area (Å²) in [7, 11) is 1.69. The van der Waals surface area contributed by atoms with E-state index in [1.54, 1.807) is 7.11 Å². The first kappa shape index (κ1) is 30.5. The molecular formula is C26H44N2O5S. The molecule has 1 amide bonds. The highest BCUT2D eigenvalue weighted by Crippen LogP contribution is 2.19. The molecule has 1 rings (SSSR count). The first-order valence-corrected chi connectivity index (χ1v) is 13.0. The summed E-state index contributed by atoms with van der Waals surface area (Å²) in [5, 5.41) is 6.28. The second-order valence-corrected chi connectivity index (χ2v) is 8.43. The molecule has 0 saturated heterocycles. The van der Waals surface area contributed by atoms with Crippen molar-refractivity contribution >= 4 is 28.8 Å². The zero-order valence-electron chi connectivity index (χ0n) is 21.3. The van der Waals surface area contributed by atoms with Gasteiger partial charge in [0, 0.05) is 77.6 Å². The van der Waals surface area contributed by atoms with Crippen molar-refractivity contribution in [2.45, 2.75) is 58.8 Å². The van der Waals surface area contributed by atoms with E-state index in [-0.39, 0.29) is 5.91 Å². The second kappa shape index (κ2) is 20.8. The van der Waals surface area contributed by atoms with Gasteiger partial charge in [-0.2, -0.15) is 0 Å². The Balaban J connectivity index is 2.22. The molecule has 0 saturated carbocycles. The number of carbonyl (C=O) groups excluding carboxylic acids is 1. The molecule has 2 N–H and O–H groups in total. The average molecular weight is 497 g/mol. The lowest BCUT2D eigenvalue weighted by atomic mass is 10.1. The van der Waals surface area contributed by atoms with E-state index in [0.29, 0.717) is 44.3 Å². The van der Waals surface area contributed by atoms with Crippen LogP contribution < -0.4 is 10.6 Å². The first-order valence-electron chi connectivity index (χ1n) is 12.6. The molecule has 0 aromatic heterocycles. The smallest absolute Gasteiger partial charge is 0.224 e. The van der Waals surface area contributed by atoms with Gasteiger partial charge in [-0.3, -0.25) is 4.79 Å². The van der Waals surface area contributed by atoms with Gasteiger partial charge in [0.15, 0.2) is 0 Å². The molecule has 0 atom stereocenters. The van der Waals surface area contributed by atoms with Crippen LogP contribution in [0.1, 0.15) is 63.5 Å². The summed E-state index contributed by atoms with van der Waals surface area (Å²) in [6, 6.07) is 5.98. The van der Waals surface area contributed by atoms with Crippen molar-refractivity contribution in [1.82, 2.24) is 5.32 Å². The molecule has 1 aromatic rings. The van der Waals surface area contributed by atoms with Crippen LogP contribution in [0, 0.1) is 0 Å². The number of hydrogen-bond donors (Lipinski definition) is 2. The molecule has 0 unspecified atom stereocenters. The fraction of sp³-hybridized carbons (Fsp3) is 0.692. The third-order valence-electron chi connectivity index (χ3n) is 5.03. The summed E-state index contributed by atoms with van der Waals surface area (Å²) < 4.78 is 21.7. The van der Waals surface area contributed by atoms with Gasteiger partial charge in [-0.05, 0) is 50.2 Å². The van der Waals surface area contributed by atoms with Gasteiger partial charge in [-0.25, -0.2) is 0 Å². The number of hydrogen-bond acceptors (Lipinski definition) is 6. The predicted octanol–water partition coefficient (Wildman–Crippen LogP) is 4.51. The number of amides is 1. The predicted molar refractivity (Wildman–Crippen MR) is 142 cm³/mol. The number of benzene rings is 1. The third-order valence-corrected chi connectivity index (χ3v) is 5.41. The number of thiocarbonyl (C=S) groups is 1.